The summed E-state index contributed by atoms with van der Waals surface area (Å²) >= 11 is 0. The van der Waals surface area contributed by atoms with Crippen LogP contribution in [0.3, 0.4) is 0 Å². The van der Waals surface area contributed by atoms with Gasteiger partial charge in [0.1, 0.15) is 0 Å². The summed E-state index contributed by atoms with van der Waals surface area (Å²) in [6.07, 6.45) is 9.35. The second-order valence-corrected chi connectivity index (χ2v) is 7.51. The van der Waals surface area contributed by atoms with Crippen molar-refractivity contribution in [3.8, 4) is 0 Å². The maximum Gasteiger partial charge on any atom is 0.0884 e. The van der Waals surface area contributed by atoms with E-state index >= 15 is 0 Å². The van der Waals surface area contributed by atoms with E-state index in [0.29, 0.717) is 19.4 Å². The molecule has 0 bridgehead atoms. The molecule has 0 aliphatic carbocycles. The highest BCUT2D eigenvalue weighted by Crippen LogP contribution is 2.29. The molecule has 4 atom stereocenters. The number of aliphatic hydroxyl groups is 3. The summed E-state index contributed by atoms with van der Waals surface area (Å²) in [5.74, 6) is 0.0911. The fraction of sp³-hybridized carbons (Fsp3) is 0.714. The molecule has 0 aromatic carbocycles. The van der Waals surface area contributed by atoms with Crippen LogP contribution in [0.5, 0.6) is 0 Å². The third-order valence-electron chi connectivity index (χ3n) is 5.22. The number of allylic oxidation sites excluding steroid dienone is 1. The highest BCUT2D eigenvalue weighted by atomic mass is 16.5. The predicted octanol–water partition coefficient (Wildman–Crippen LogP) is 3.52. The fourth-order valence-electron chi connectivity index (χ4n) is 3.21. The third-order valence-corrected chi connectivity index (χ3v) is 5.22. The summed E-state index contributed by atoms with van der Waals surface area (Å²) in [4.78, 5) is 0. The first-order valence-electron chi connectivity index (χ1n) is 9.40. The number of hydrogen-bond acceptors (Lipinski definition) is 4. The second kappa shape index (κ2) is 10.9. The molecule has 25 heavy (non-hydrogen) atoms. The first-order chi connectivity index (χ1) is 11.8. The summed E-state index contributed by atoms with van der Waals surface area (Å²) in [6, 6.07) is 0. The largest absolute Gasteiger partial charge is 0.392 e. The van der Waals surface area contributed by atoms with Gasteiger partial charge >= 0.3 is 0 Å². The monoisotopic (exact) mass is 352 g/mol. The van der Waals surface area contributed by atoms with Crippen LogP contribution in [0.4, 0.5) is 0 Å². The fourth-order valence-corrected chi connectivity index (χ4v) is 3.21. The highest BCUT2D eigenvalue weighted by Gasteiger charge is 2.30. The van der Waals surface area contributed by atoms with Crippen molar-refractivity contribution < 1.29 is 20.1 Å². The molecule has 0 aromatic heterocycles. The molecule has 1 aliphatic rings. The number of aliphatic hydroxyl groups excluding tert-OH is 2. The Kier molecular flexibility index (Phi) is 9.65. The van der Waals surface area contributed by atoms with Crippen molar-refractivity contribution in [2.24, 2.45) is 5.92 Å². The van der Waals surface area contributed by atoms with Gasteiger partial charge in [0, 0.05) is 0 Å². The van der Waals surface area contributed by atoms with Gasteiger partial charge in [0.15, 0.2) is 0 Å². The first-order valence-corrected chi connectivity index (χ1v) is 9.40. The van der Waals surface area contributed by atoms with Gasteiger partial charge in [0.2, 0.25) is 0 Å². The minimum absolute atomic E-state index is 0.0167. The van der Waals surface area contributed by atoms with E-state index in [9.17, 15) is 10.2 Å². The molecule has 0 spiro atoms. The van der Waals surface area contributed by atoms with Gasteiger partial charge in [0.05, 0.1) is 31.0 Å². The zero-order valence-electron chi connectivity index (χ0n) is 16.1. The molecule has 4 heteroatoms. The van der Waals surface area contributed by atoms with Gasteiger partial charge < -0.3 is 20.1 Å². The lowest BCUT2D eigenvalue weighted by Crippen LogP contribution is -2.34. The lowest BCUT2D eigenvalue weighted by molar-refractivity contribution is -0.0289. The smallest absolute Gasteiger partial charge is 0.0884 e. The summed E-state index contributed by atoms with van der Waals surface area (Å²) in [5.41, 5.74) is 1.35. The Bertz CT molecular complexity index is 465. The average molecular weight is 353 g/mol. The molecule has 0 amide bonds. The molecule has 4 nitrogen and oxygen atoms in total. The van der Waals surface area contributed by atoms with Gasteiger partial charge in [-0.25, -0.2) is 0 Å². The lowest BCUT2D eigenvalue weighted by Gasteiger charge is -2.31. The van der Waals surface area contributed by atoms with Gasteiger partial charge in [-0.05, 0) is 57.4 Å². The van der Waals surface area contributed by atoms with Crippen molar-refractivity contribution in [1.82, 2.24) is 0 Å². The second-order valence-electron chi connectivity index (χ2n) is 7.51. The summed E-state index contributed by atoms with van der Waals surface area (Å²) < 4.78 is 5.83. The summed E-state index contributed by atoms with van der Waals surface area (Å²) in [7, 11) is 0. The van der Waals surface area contributed by atoms with Crippen LogP contribution in [0.25, 0.3) is 0 Å². The van der Waals surface area contributed by atoms with Crippen LogP contribution < -0.4 is 0 Å². The molecule has 3 N–H and O–H groups in total. The van der Waals surface area contributed by atoms with Crippen LogP contribution in [0.15, 0.2) is 36.0 Å². The Labute approximate surface area is 152 Å². The van der Waals surface area contributed by atoms with Gasteiger partial charge in [-0.3, -0.25) is 0 Å². The van der Waals surface area contributed by atoms with E-state index in [4.69, 9.17) is 9.84 Å². The molecular formula is C21H36O4. The van der Waals surface area contributed by atoms with Crippen molar-refractivity contribution in [3.63, 3.8) is 0 Å². The normalized spacial score (nSPS) is 26.6. The third kappa shape index (κ3) is 7.45. The first kappa shape index (κ1) is 22.1. The Morgan fingerprint density at radius 3 is 2.76 bits per heavy atom. The number of ether oxygens (including phenoxy) is 1. The maximum absolute atomic E-state index is 10.8. The molecule has 1 rings (SSSR count). The average Bonchev–Trinajstić information content (AvgIpc) is 2.75. The Morgan fingerprint density at radius 1 is 1.44 bits per heavy atom. The molecule has 0 radical (unpaired) electrons. The van der Waals surface area contributed by atoms with E-state index < -0.39 is 11.7 Å². The SMILES string of the molecule is C=CC(O)(CC=C(C)C)C(C)CCC[C@@H]1OCC(=CCO)CC[C@H]1O. The van der Waals surface area contributed by atoms with Gasteiger partial charge in [-0.2, -0.15) is 0 Å². The maximum atomic E-state index is 10.8. The summed E-state index contributed by atoms with van der Waals surface area (Å²) in [6.45, 7) is 10.4. The van der Waals surface area contributed by atoms with Crippen LogP contribution in [-0.2, 0) is 4.74 Å². The number of rotatable bonds is 9. The zero-order chi connectivity index (χ0) is 18.9. The number of hydrogen-bond donors (Lipinski definition) is 3. The van der Waals surface area contributed by atoms with Crippen LogP contribution in [-0.4, -0.2) is 46.3 Å². The van der Waals surface area contributed by atoms with E-state index in [1.165, 1.54) is 5.57 Å². The molecule has 144 valence electrons. The zero-order valence-corrected chi connectivity index (χ0v) is 16.1. The van der Waals surface area contributed by atoms with Crippen molar-refractivity contribution in [2.45, 2.75) is 77.1 Å². The van der Waals surface area contributed by atoms with Gasteiger partial charge in [0.25, 0.3) is 0 Å². The Morgan fingerprint density at radius 2 is 2.16 bits per heavy atom. The van der Waals surface area contributed by atoms with Crippen LogP contribution in [0.2, 0.25) is 0 Å². The van der Waals surface area contributed by atoms with Gasteiger partial charge in [-0.15, -0.1) is 6.58 Å². The van der Waals surface area contributed by atoms with Crippen molar-refractivity contribution in [1.29, 1.82) is 0 Å². The molecule has 2 unspecified atom stereocenters. The van der Waals surface area contributed by atoms with Crippen molar-refractivity contribution >= 4 is 0 Å². The van der Waals surface area contributed by atoms with E-state index in [1.807, 2.05) is 26.8 Å². The van der Waals surface area contributed by atoms with E-state index in [2.05, 4.69) is 6.58 Å². The van der Waals surface area contributed by atoms with Crippen molar-refractivity contribution in [2.75, 3.05) is 13.2 Å². The standard InChI is InChI=1S/C21H36O4/c1-5-21(24,13-11-16(2)3)17(4)7-6-8-20-19(23)10-9-18(12-14-22)15-25-20/h5,11-12,17,19-20,22-24H,1,6-10,13-15H2,2-4H3/t17?,19-,20+,21?/m1/s1. The van der Waals surface area contributed by atoms with E-state index in [0.717, 1.165) is 31.3 Å². The molecule has 1 aliphatic heterocycles. The highest BCUT2D eigenvalue weighted by molar-refractivity contribution is 5.07. The molecule has 0 aromatic rings. The molecule has 1 fully saturated rings. The predicted molar refractivity (Wildman–Crippen MR) is 102 cm³/mol. The summed E-state index contributed by atoms with van der Waals surface area (Å²) in [5, 5.41) is 30.0. The quantitative estimate of drug-likeness (QED) is 0.555. The van der Waals surface area contributed by atoms with Crippen LogP contribution in [0, 0.1) is 5.92 Å². The van der Waals surface area contributed by atoms with Crippen LogP contribution >= 0.6 is 0 Å². The molecule has 0 saturated carbocycles. The topological polar surface area (TPSA) is 69.9 Å². The lowest BCUT2D eigenvalue weighted by atomic mass is 9.82. The van der Waals surface area contributed by atoms with Crippen molar-refractivity contribution in [3.05, 3.63) is 36.0 Å². The molecule has 1 heterocycles. The Hall–Kier alpha value is -0.940. The molecular weight excluding hydrogens is 316 g/mol. The van der Waals surface area contributed by atoms with E-state index in [1.54, 1.807) is 12.2 Å². The molecule has 1 saturated heterocycles. The minimum atomic E-state index is -0.892. The van der Waals surface area contributed by atoms with E-state index in [-0.39, 0.29) is 18.6 Å². The van der Waals surface area contributed by atoms with Gasteiger partial charge in [-0.1, -0.05) is 37.1 Å². The minimum Gasteiger partial charge on any atom is -0.392 e. The van der Waals surface area contributed by atoms with Crippen LogP contribution in [0.1, 0.15) is 59.3 Å². The Balaban J connectivity index is 2.50.